The molecule has 0 saturated heterocycles. The lowest BCUT2D eigenvalue weighted by atomic mass is 9.92. The number of hydrogen-bond acceptors (Lipinski definition) is 3. The monoisotopic (exact) mass is 282 g/mol. The summed E-state index contributed by atoms with van der Waals surface area (Å²) in [5.41, 5.74) is -0.349. The topological polar surface area (TPSA) is 45.0 Å². The lowest BCUT2D eigenvalue weighted by Gasteiger charge is -2.25. The fourth-order valence-corrected chi connectivity index (χ4v) is 2.47. The molecule has 0 saturated carbocycles. The average molecular weight is 282 g/mol. The van der Waals surface area contributed by atoms with Crippen molar-refractivity contribution in [3.63, 3.8) is 0 Å². The van der Waals surface area contributed by atoms with Crippen LogP contribution in [0.25, 0.3) is 0 Å². The Morgan fingerprint density at radius 2 is 1.60 bits per heavy atom. The van der Waals surface area contributed by atoms with Crippen molar-refractivity contribution < 1.29 is 4.74 Å². The van der Waals surface area contributed by atoms with Crippen LogP contribution in [0, 0.1) is 11.3 Å². The molecule has 0 bridgehead atoms. The second-order valence-corrected chi connectivity index (χ2v) is 5.56. The normalized spacial score (nSPS) is 13.9. The predicted octanol–water partition coefficient (Wildman–Crippen LogP) is 4.43. The van der Waals surface area contributed by atoms with E-state index < -0.39 is 0 Å². The van der Waals surface area contributed by atoms with Crippen LogP contribution < -0.4 is 5.32 Å². The largest absolute Gasteiger partial charge is 0.381 e. The van der Waals surface area contributed by atoms with E-state index in [1.165, 1.54) is 38.5 Å². The number of hydrogen-bond donors (Lipinski definition) is 1. The van der Waals surface area contributed by atoms with Crippen LogP contribution in [0.4, 0.5) is 0 Å². The van der Waals surface area contributed by atoms with Crippen LogP contribution in [-0.4, -0.2) is 25.3 Å². The molecule has 0 fully saturated rings. The van der Waals surface area contributed by atoms with Gasteiger partial charge in [0.15, 0.2) is 0 Å². The van der Waals surface area contributed by atoms with Crippen LogP contribution in [-0.2, 0) is 4.74 Å². The average Bonchev–Trinajstić information content (AvgIpc) is 2.48. The standard InChI is InChI=1S/C17H34N2O/c1-4-7-8-9-10-11-14-20-15-12-13-17(5-2,16-18)19-6-3/h19H,4-15H2,1-3H3. The molecule has 0 aromatic carbocycles. The Hall–Kier alpha value is -0.590. The molecule has 0 radical (unpaired) electrons. The zero-order chi connectivity index (χ0) is 15.1. The summed E-state index contributed by atoms with van der Waals surface area (Å²) < 4.78 is 5.67. The van der Waals surface area contributed by atoms with Crippen molar-refractivity contribution in [1.82, 2.24) is 5.32 Å². The van der Waals surface area contributed by atoms with Gasteiger partial charge < -0.3 is 4.74 Å². The van der Waals surface area contributed by atoms with Crippen LogP contribution in [0.5, 0.6) is 0 Å². The van der Waals surface area contributed by atoms with E-state index >= 15 is 0 Å². The molecule has 0 amide bonds. The molecule has 0 aliphatic carbocycles. The van der Waals surface area contributed by atoms with Gasteiger partial charge in [-0.15, -0.1) is 0 Å². The van der Waals surface area contributed by atoms with Gasteiger partial charge in [0.1, 0.15) is 5.54 Å². The minimum Gasteiger partial charge on any atom is -0.381 e. The maximum atomic E-state index is 9.30. The van der Waals surface area contributed by atoms with Crippen LogP contribution in [0.3, 0.4) is 0 Å². The van der Waals surface area contributed by atoms with E-state index in [9.17, 15) is 5.26 Å². The molecule has 0 rings (SSSR count). The molecule has 1 atom stereocenters. The first-order valence-electron chi connectivity index (χ1n) is 8.48. The van der Waals surface area contributed by atoms with Crippen molar-refractivity contribution in [1.29, 1.82) is 5.26 Å². The summed E-state index contributed by atoms with van der Waals surface area (Å²) in [7, 11) is 0. The Labute approximate surface area is 126 Å². The van der Waals surface area contributed by atoms with Crippen molar-refractivity contribution in [3.8, 4) is 6.07 Å². The number of ether oxygens (including phenoxy) is 1. The van der Waals surface area contributed by atoms with E-state index in [0.717, 1.165) is 39.0 Å². The molecule has 0 aromatic heterocycles. The zero-order valence-corrected chi connectivity index (χ0v) is 13.8. The molecule has 20 heavy (non-hydrogen) atoms. The molecule has 0 aliphatic heterocycles. The Morgan fingerprint density at radius 1 is 0.950 bits per heavy atom. The third-order valence-corrected chi connectivity index (χ3v) is 3.87. The molecule has 3 heteroatoms. The van der Waals surface area contributed by atoms with Crippen LogP contribution in [0.1, 0.15) is 78.6 Å². The molecule has 118 valence electrons. The molecular formula is C17H34N2O. The maximum Gasteiger partial charge on any atom is 0.106 e. The first-order valence-corrected chi connectivity index (χ1v) is 8.48. The quantitative estimate of drug-likeness (QED) is 0.479. The maximum absolute atomic E-state index is 9.30. The third-order valence-electron chi connectivity index (χ3n) is 3.87. The van der Waals surface area contributed by atoms with Crippen LogP contribution in [0.2, 0.25) is 0 Å². The highest BCUT2D eigenvalue weighted by atomic mass is 16.5. The van der Waals surface area contributed by atoms with Crippen molar-refractivity contribution in [2.45, 2.75) is 84.1 Å². The van der Waals surface area contributed by atoms with Crippen molar-refractivity contribution in [3.05, 3.63) is 0 Å². The second kappa shape index (κ2) is 13.4. The molecule has 1 N–H and O–H groups in total. The summed E-state index contributed by atoms with van der Waals surface area (Å²) in [6, 6.07) is 2.43. The van der Waals surface area contributed by atoms with E-state index in [-0.39, 0.29) is 5.54 Å². The molecule has 0 spiro atoms. The summed E-state index contributed by atoms with van der Waals surface area (Å²) in [6.45, 7) is 8.87. The summed E-state index contributed by atoms with van der Waals surface area (Å²) in [5, 5.41) is 12.6. The first-order chi connectivity index (χ1) is 9.74. The van der Waals surface area contributed by atoms with Gasteiger partial charge in [0.05, 0.1) is 6.07 Å². The summed E-state index contributed by atoms with van der Waals surface area (Å²) in [6.07, 6.45) is 10.5. The second-order valence-electron chi connectivity index (χ2n) is 5.56. The Kier molecular flexibility index (Phi) is 13.0. The highest BCUT2D eigenvalue weighted by Crippen LogP contribution is 2.16. The van der Waals surface area contributed by atoms with Gasteiger partial charge in [-0.25, -0.2) is 0 Å². The Bertz CT molecular complexity index is 250. The Morgan fingerprint density at radius 3 is 2.20 bits per heavy atom. The Balaban J connectivity index is 3.49. The number of nitrogens with one attached hydrogen (secondary N) is 1. The number of rotatable bonds is 14. The van der Waals surface area contributed by atoms with Gasteiger partial charge >= 0.3 is 0 Å². The van der Waals surface area contributed by atoms with Gasteiger partial charge in [-0.1, -0.05) is 52.9 Å². The van der Waals surface area contributed by atoms with E-state index in [4.69, 9.17) is 4.74 Å². The fraction of sp³-hybridized carbons (Fsp3) is 0.941. The molecular weight excluding hydrogens is 248 g/mol. The third kappa shape index (κ3) is 9.34. The number of unbranched alkanes of at least 4 members (excludes halogenated alkanes) is 5. The van der Waals surface area contributed by atoms with Gasteiger partial charge in [0.2, 0.25) is 0 Å². The van der Waals surface area contributed by atoms with Crippen molar-refractivity contribution in [2.75, 3.05) is 19.8 Å². The first kappa shape index (κ1) is 19.4. The SMILES string of the molecule is CCCCCCCCOCCCC(C#N)(CC)NCC. The van der Waals surface area contributed by atoms with Gasteiger partial charge in [0.25, 0.3) is 0 Å². The fourth-order valence-electron chi connectivity index (χ4n) is 2.47. The van der Waals surface area contributed by atoms with Gasteiger partial charge in [-0.3, -0.25) is 5.32 Å². The lowest BCUT2D eigenvalue weighted by Crippen LogP contribution is -2.43. The smallest absolute Gasteiger partial charge is 0.106 e. The van der Waals surface area contributed by atoms with E-state index in [1.807, 2.05) is 0 Å². The van der Waals surface area contributed by atoms with Crippen molar-refractivity contribution in [2.24, 2.45) is 0 Å². The minimum atomic E-state index is -0.349. The lowest BCUT2D eigenvalue weighted by molar-refractivity contribution is 0.121. The van der Waals surface area contributed by atoms with E-state index in [0.29, 0.717) is 0 Å². The van der Waals surface area contributed by atoms with Crippen molar-refractivity contribution >= 4 is 0 Å². The van der Waals surface area contributed by atoms with Crippen LogP contribution >= 0.6 is 0 Å². The predicted molar refractivity (Wildman–Crippen MR) is 85.7 cm³/mol. The molecule has 3 nitrogen and oxygen atoms in total. The minimum absolute atomic E-state index is 0.349. The summed E-state index contributed by atoms with van der Waals surface area (Å²) in [4.78, 5) is 0. The number of nitriles is 1. The summed E-state index contributed by atoms with van der Waals surface area (Å²) in [5.74, 6) is 0. The van der Waals surface area contributed by atoms with Gasteiger partial charge in [0, 0.05) is 13.2 Å². The number of nitrogens with zero attached hydrogens (tertiary/aromatic N) is 1. The summed E-state index contributed by atoms with van der Waals surface area (Å²) >= 11 is 0. The molecule has 0 aromatic rings. The van der Waals surface area contributed by atoms with Gasteiger partial charge in [-0.05, 0) is 32.2 Å². The van der Waals surface area contributed by atoms with Crippen LogP contribution in [0.15, 0.2) is 0 Å². The highest BCUT2D eigenvalue weighted by Gasteiger charge is 2.25. The molecule has 0 aliphatic rings. The highest BCUT2D eigenvalue weighted by molar-refractivity contribution is 5.05. The van der Waals surface area contributed by atoms with E-state index in [1.54, 1.807) is 0 Å². The molecule has 0 heterocycles. The van der Waals surface area contributed by atoms with Gasteiger partial charge in [-0.2, -0.15) is 5.26 Å². The van der Waals surface area contributed by atoms with E-state index in [2.05, 4.69) is 32.2 Å². The zero-order valence-electron chi connectivity index (χ0n) is 13.8. The molecule has 1 unspecified atom stereocenters.